The monoisotopic (exact) mass is 845 g/mol. The summed E-state index contributed by atoms with van der Waals surface area (Å²) in [4.78, 5) is 56.0. The number of aliphatic hydroxyl groups is 1. The van der Waals surface area contributed by atoms with Gasteiger partial charge in [-0.25, -0.2) is 9.59 Å². The normalized spacial score (nSPS) is 18.1. The molecular formula is C48H55N5O9. The highest BCUT2D eigenvalue weighted by Crippen LogP contribution is 2.31. The van der Waals surface area contributed by atoms with Gasteiger partial charge in [0.1, 0.15) is 29.7 Å². The van der Waals surface area contributed by atoms with Crippen molar-refractivity contribution in [2.45, 2.75) is 69.9 Å². The number of unbranched alkanes of at least 4 members (excludes halogenated alkanes) is 1. The fourth-order valence-corrected chi connectivity index (χ4v) is 8.04. The van der Waals surface area contributed by atoms with Gasteiger partial charge in [-0.15, -0.1) is 0 Å². The molecular weight excluding hydrogens is 791 g/mol. The van der Waals surface area contributed by atoms with Crippen molar-refractivity contribution >= 4 is 28.9 Å². The molecule has 326 valence electrons. The van der Waals surface area contributed by atoms with E-state index in [-0.39, 0.29) is 42.7 Å². The second kappa shape index (κ2) is 20.1. The Morgan fingerprint density at radius 3 is 2.40 bits per heavy atom. The molecule has 2 bridgehead atoms. The van der Waals surface area contributed by atoms with Crippen LogP contribution in [0.25, 0.3) is 10.9 Å². The van der Waals surface area contributed by atoms with E-state index < -0.39 is 35.7 Å². The molecule has 3 atom stereocenters. The molecule has 8 rings (SSSR count). The summed E-state index contributed by atoms with van der Waals surface area (Å²) in [5.74, 6) is -0.0306. The largest absolute Gasteiger partial charge is 0.506 e. The number of piperidine rings is 3. The standard InChI is InChI=1S/C48H55N5O9/c1-48(2,46(58)60-26-7-6-23-49-28-40(55)37-17-19-39(54)44-38(37)18-20-42(56)50-44)52-45(57)34-15-13-31(14-16-34)30-61-36-12-8-11-35(27-36)43(33-9-4-3-5-10-33)51-47(59)62-41-29-53-24-21-32(41)22-25-53/h3-5,8-20,27,32,40-41,43,49,54-55H,6-7,21-26,28-30H2,1-2H3,(H,50,56)(H,51,59)(H,52,57)/t40?,41-,43?/m0/s1. The smallest absolute Gasteiger partial charge is 0.408 e. The zero-order valence-electron chi connectivity index (χ0n) is 35.1. The van der Waals surface area contributed by atoms with E-state index in [9.17, 15) is 29.4 Å². The third-order valence-electron chi connectivity index (χ3n) is 11.6. The van der Waals surface area contributed by atoms with E-state index >= 15 is 0 Å². The number of alkyl carbamates (subject to hydrolysis) is 1. The van der Waals surface area contributed by atoms with E-state index in [1.807, 2.05) is 54.6 Å². The predicted molar refractivity (Wildman–Crippen MR) is 234 cm³/mol. The predicted octanol–water partition coefficient (Wildman–Crippen LogP) is 5.88. The van der Waals surface area contributed by atoms with Gasteiger partial charge < -0.3 is 45.4 Å². The molecule has 2 unspecified atom stereocenters. The van der Waals surface area contributed by atoms with E-state index in [4.69, 9.17) is 14.2 Å². The first-order valence-electron chi connectivity index (χ1n) is 21.2. The number of aromatic amines is 1. The quantitative estimate of drug-likeness (QED) is 0.0457. The van der Waals surface area contributed by atoms with Crippen LogP contribution in [0.15, 0.2) is 108 Å². The maximum absolute atomic E-state index is 13.2. The van der Waals surface area contributed by atoms with Crippen LogP contribution in [0.5, 0.6) is 11.5 Å². The lowest BCUT2D eigenvalue weighted by molar-refractivity contribution is -0.150. The Bertz CT molecular complexity index is 2380. The number of hydrogen-bond donors (Lipinski definition) is 6. The van der Waals surface area contributed by atoms with E-state index in [0.717, 1.165) is 49.2 Å². The number of carbonyl (C=O) groups excluding carboxylic acids is 3. The molecule has 62 heavy (non-hydrogen) atoms. The van der Waals surface area contributed by atoms with Crippen molar-refractivity contribution in [1.82, 2.24) is 25.8 Å². The van der Waals surface area contributed by atoms with Crippen molar-refractivity contribution in [3.05, 3.63) is 141 Å². The average Bonchev–Trinajstić information content (AvgIpc) is 3.28. The van der Waals surface area contributed by atoms with Gasteiger partial charge in [-0.1, -0.05) is 60.7 Å². The minimum Gasteiger partial charge on any atom is -0.506 e. The summed E-state index contributed by atoms with van der Waals surface area (Å²) in [6.45, 7) is 7.29. The Hall–Kier alpha value is -6.22. The number of nitrogens with zero attached hydrogens (tertiary/aromatic N) is 1. The molecule has 5 aromatic rings. The summed E-state index contributed by atoms with van der Waals surface area (Å²) in [5, 5.41) is 30.4. The van der Waals surface area contributed by atoms with Gasteiger partial charge in [0.05, 0.1) is 24.3 Å². The Kier molecular flexibility index (Phi) is 14.2. The molecule has 14 heteroatoms. The summed E-state index contributed by atoms with van der Waals surface area (Å²) < 4.78 is 17.6. The number of aliphatic hydroxyl groups excluding tert-OH is 1. The fraction of sp³-hybridized carbons (Fsp3) is 0.375. The number of nitrogens with one attached hydrogen (secondary N) is 4. The van der Waals surface area contributed by atoms with E-state index in [1.54, 1.807) is 50.2 Å². The zero-order valence-corrected chi connectivity index (χ0v) is 35.1. The maximum Gasteiger partial charge on any atom is 0.408 e. The van der Waals surface area contributed by atoms with Crippen LogP contribution >= 0.6 is 0 Å². The molecule has 3 aliphatic heterocycles. The lowest BCUT2D eigenvalue weighted by atomic mass is 9.86. The molecule has 4 heterocycles. The van der Waals surface area contributed by atoms with E-state index in [0.29, 0.717) is 47.6 Å². The highest BCUT2D eigenvalue weighted by Gasteiger charge is 2.37. The highest BCUT2D eigenvalue weighted by atomic mass is 16.6. The Labute approximate surface area is 360 Å². The number of phenolic OH excluding ortho intramolecular Hbond substituents is 1. The van der Waals surface area contributed by atoms with Crippen molar-refractivity contribution in [3.63, 3.8) is 0 Å². The number of esters is 1. The van der Waals surface area contributed by atoms with Gasteiger partial charge >= 0.3 is 12.1 Å². The molecule has 0 saturated carbocycles. The fourth-order valence-electron chi connectivity index (χ4n) is 8.04. The van der Waals surface area contributed by atoms with Crippen LogP contribution in [0.1, 0.15) is 84.3 Å². The second-order valence-electron chi connectivity index (χ2n) is 16.6. The van der Waals surface area contributed by atoms with Crippen molar-refractivity contribution in [2.75, 3.05) is 39.3 Å². The first-order valence-corrected chi connectivity index (χ1v) is 21.2. The van der Waals surface area contributed by atoms with Crippen LogP contribution in [0, 0.1) is 5.92 Å². The van der Waals surface area contributed by atoms with Gasteiger partial charge in [-0.3, -0.25) is 14.5 Å². The summed E-state index contributed by atoms with van der Waals surface area (Å²) in [5.41, 5.74) is 2.20. The minimum absolute atomic E-state index is 0.0713. The number of ether oxygens (including phenoxy) is 3. The van der Waals surface area contributed by atoms with E-state index in [1.165, 1.54) is 12.1 Å². The van der Waals surface area contributed by atoms with Gasteiger partial charge in [0.15, 0.2) is 0 Å². The minimum atomic E-state index is -1.28. The number of aromatic hydroxyl groups is 1. The van der Waals surface area contributed by atoms with E-state index in [2.05, 4.69) is 25.8 Å². The second-order valence-corrected chi connectivity index (χ2v) is 16.6. The molecule has 4 aromatic carbocycles. The van der Waals surface area contributed by atoms with Gasteiger partial charge in [-0.05, 0) is 124 Å². The van der Waals surface area contributed by atoms with Gasteiger partial charge in [0, 0.05) is 30.1 Å². The van der Waals surface area contributed by atoms with Crippen LogP contribution in [-0.4, -0.2) is 89.0 Å². The molecule has 3 aliphatic rings. The number of phenols is 1. The van der Waals surface area contributed by atoms with Crippen LogP contribution in [0.3, 0.4) is 0 Å². The number of benzene rings is 4. The van der Waals surface area contributed by atoms with Gasteiger partial charge in [-0.2, -0.15) is 0 Å². The number of rotatable bonds is 18. The molecule has 0 spiro atoms. The molecule has 1 aromatic heterocycles. The lowest BCUT2D eigenvalue weighted by Crippen LogP contribution is -2.52. The topological polar surface area (TPSA) is 192 Å². The lowest BCUT2D eigenvalue weighted by Gasteiger charge is -2.43. The number of aromatic nitrogens is 1. The van der Waals surface area contributed by atoms with Crippen LogP contribution < -0.4 is 26.2 Å². The van der Waals surface area contributed by atoms with Crippen molar-refractivity contribution in [1.29, 1.82) is 0 Å². The third kappa shape index (κ3) is 11.2. The van der Waals surface area contributed by atoms with Gasteiger partial charge in [0.2, 0.25) is 5.56 Å². The van der Waals surface area contributed by atoms with Gasteiger partial charge in [0.25, 0.3) is 5.91 Å². The molecule has 3 saturated heterocycles. The number of hydrogen-bond acceptors (Lipinski definition) is 11. The molecule has 14 nitrogen and oxygen atoms in total. The number of pyridine rings is 1. The van der Waals surface area contributed by atoms with Crippen molar-refractivity contribution < 1.29 is 38.8 Å². The molecule has 3 fully saturated rings. The first kappa shape index (κ1) is 43.9. The SMILES string of the molecule is CC(C)(NC(=O)c1ccc(COc2cccc(C(NC(=O)O[C@H]3CN4CCC3CC4)c3ccccc3)c2)cc1)C(=O)OCCCCNCC(O)c1ccc(O)c2[nH]c(=O)ccc12. The van der Waals surface area contributed by atoms with Crippen LogP contribution in [0.2, 0.25) is 0 Å². The Balaban J connectivity index is 0.838. The Morgan fingerprint density at radius 1 is 0.903 bits per heavy atom. The van der Waals surface area contributed by atoms with Crippen LogP contribution in [0.4, 0.5) is 4.79 Å². The van der Waals surface area contributed by atoms with Crippen LogP contribution in [-0.2, 0) is 20.9 Å². The highest BCUT2D eigenvalue weighted by molar-refractivity contribution is 5.98. The molecule has 2 amide bonds. The number of amides is 2. The number of carbonyl (C=O) groups is 3. The summed E-state index contributed by atoms with van der Waals surface area (Å²) in [7, 11) is 0. The zero-order chi connectivity index (χ0) is 43.6. The first-order chi connectivity index (χ1) is 29.9. The molecule has 6 N–H and O–H groups in total. The summed E-state index contributed by atoms with van der Waals surface area (Å²) in [6, 6.07) is 29.9. The van der Waals surface area contributed by atoms with Crippen molar-refractivity contribution in [2.24, 2.45) is 5.92 Å². The Morgan fingerprint density at radius 2 is 1.66 bits per heavy atom. The summed E-state index contributed by atoms with van der Waals surface area (Å²) in [6.07, 6.45) is 1.92. The summed E-state index contributed by atoms with van der Waals surface area (Å²) >= 11 is 0. The third-order valence-corrected chi connectivity index (χ3v) is 11.6. The number of H-pyrrole nitrogens is 1. The molecule has 0 aliphatic carbocycles. The average molecular weight is 846 g/mol. The molecule has 0 radical (unpaired) electrons. The van der Waals surface area contributed by atoms with Crippen molar-refractivity contribution in [3.8, 4) is 11.5 Å². The number of fused-ring (bicyclic) bond motifs is 4. The maximum atomic E-state index is 13.2.